The normalized spacial score (nSPS) is 15.9. The van der Waals surface area contributed by atoms with Crippen molar-refractivity contribution >= 4 is 52.0 Å². The van der Waals surface area contributed by atoms with Gasteiger partial charge in [-0.25, -0.2) is 5.01 Å². The lowest BCUT2D eigenvalue weighted by atomic mass is 10.1. The molecule has 0 bridgehead atoms. The number of hydrogen-bond donors (Lipinski definition) is 0. The molecule has 5 nitrogen and oxygen atoms in total. The first-order chi connectivity index (χ1) is 14.2. The van der Waals surface area contributed by atoms with E-state index in [0.717, 1.165) is 20.4 Å². The van der Waals surface area contributed by atoms with Crippen LogP contribution in [0.15, 0.2) is 75.4 Å². The van der Waals surface area contributed by atoms with Gasteiger partial charge >= 0.3 is 5.97 Å². The summed E-state index contributed by atoms with van der Waals surface area (Å²) in [5.74, 6) is -0.565. The number of amides is 1. The molecule has 4 rings (SSSR count). The number of hydrazone groups is 1. The van der Waals surface area contributed by atoms with Crippen molar-refractivity contribution in [2.75, 3.05) is 12.4 Å². The minimum atomic E-state index is -0.415. The average molecular weight is 443 g/mol. The summed E-state index contributed by atoms with van der Waals surface area (Å²) < 4.78 is 5.22. The summed E-state index contributed by atoms with van der Waals surface area (Å²) in [6, 6.07) is 17.4. The Morgan fingerprint density at radius 3 is 2.59 bits per heavy atom. The molecule has 8 heteroatoms. The molecule has 3 heterocycles. The van der Waals surface area contributed by atoms with Crippen molar-refractivity contribution in [3.05, 3.63) is 75.1 Å². The Hall–Kier alpha value is -2.42. The summed E-state index contributed by atoms with van der Waals surface area (Å²) in [7, 11) is 0. The van der Waals surface area contributed by atoms with E-state index in [1.54, 1.807) is 22.7 Å². The third-order valence-electron chi connectivity index (χ3n) is 4.30. The third-order valence-corrected chi connectivity index (χ3v) is 7.18. The van der Waals surface area contributed by atoms with E-state index in [0.29, 0.717) is 6.42 Å². The molecule has 1 aliphatic heterocycles. The smallest absolute Gasteiger partial charge is 0.316 e. The van der Waals surface area contributed by atoms with Crippen LogP contribution >= 0.6 is 34.4 Å². The zero-order valence-electron chi connectivity index (χ0n) is 15.4. The predicted octanol–water partition coefficient (Wildman–Crippen LogP) is 4.82. The second-order valence-corrected chi connectivity index (χ2v) is 9.24. The number of carbonyl (C=O) groups excluding carboxylic acids is 2. The number of thiophene rings is 2. The van der Waals surface area contributed by atoms with E-state index in [2.05, 4.69) is 5.10 Å². The molecule has 1 unspecified atom stereocenters. The van der Waals surface area contributed by atoms with Crippen LogP contribution in [-0.4, -0.2) is 35.0 Å². The van der Waals surface area contributed by atoms with Crippen LogP contribution in [0.3, 0.4) is 0 Å². The Morgan fingerprint density at radius 2 is 1.86 bits per heavy atom. The first-order valence-electron chi connectivity index (χ1n) is 9.01. The van der Waals surface area contributed by atoms with E-state index in [-0.39, 0.29) is 24.3 Å². The van der Waals surface area contributed by atoms with Crippen LogP contribution in [0.1, 0.15) is 22.2 Å². The maximum Gasteiger partial charge on any atom is 0.316 e. The zero-order chi connectivity index (χ0) is 20.1. The molecule has 3 aromatic rings. The van der Waals surface area contributed by atoms with E-state index >= 15 is 0 Å². The van der Waals surface area contributed by atoms with Crippen LogP contribution in [0.4, 0.5) is 0 Å². The highest BCUT2D eigenvalue weighted by atomic mass is 32.2. The lowest BCUT2D eigenvalue weighted by Gasteiger charge is -2.20. The molecule has 1 amide bonds. The maximum atomic E-state index is 12.8. The number of benzene rings is 1. The monoisotopic (exact) mass is 442 g/mol. The Morgan fingerprint density at radius 1 is 1.07 bits per heavy atom. The molecule has 1 aliphatic rings. The molecule has 0 spiro atoms. The maximum absolute atomic E-state index is 12.8. The van der Waals surface area contributed by atoms with Gasteiger partial charge in [0.15, 0.2) is 6.61 Å². The molecule has 29 heavy (non-hydrogen) atoms. The second kappa shape index (κ2) is 9.39. The standard InChI is InChI=1S/C21H18N2O3S3/c24-20(13-26-21(25)14-29-15-6-2-1-3-7-15)23-17(19-9-5-11-28-19)12-16(22-23)18-8-4-10-27-18/h1-11,17H,12-14H2. The quantitative estimate of drug-likeness (QED) is 0.389. The van der Waals surface area contributed by atoms with Crippen LogP contribution < -0.4 is 0 Å². The van der Waals surface area contributed by atoms with Crippen molar-refractivity contribution in [2.45, 2.75) is 17.4 Å². The van der Waals surface area contributed by atoms with Crippen LogP contribution in [0, 0.1) is 0 Å². The van der Waals surface area contributed by atoms with E-state index in [1.807, 2.05) is 65.4 Å². The van der Waals surface area contributed by atoms with Crippen LogP contribution in [0.25, 0.3) is 0 Å². The molecule has 0 radical (unpaired) electrons. The van der Waals surface area contributed by atoms with E-state index in [9.17, 15) is 9.59 Å². The Bertz CT molecular complexity index is 986. The SMILES string of the molecule is O=C(CSc1ccccc1)OCC(=O)N1N=C(c2cccs2)CC1c1cccs1. The second-order valence-electron chi connectivity index (χ2n) is 6.26. The fourth-order valence-electron chi connectivity index (χ4n) is 2.94. The average Bonchev–Trinajstić information content (AvgIpc) is 3.51. The number of rotatable bonds is 7. The van der Waals surface area contributed by atoms with Gasteiger partial charge in [-0.1, -0.05) is 30.3 Å². The minimum Gasteiger partial charge on any atom is -0.455 e. The highest BCUT2D eigenvalue weighted by Gasteiger charge is 2.34. The number of hydrogen-bond acceptors (Lipinski definition) is 7. The largest absolute Gasteiger partial charge is 0.455 e. The first-order valence-corrected chi connectivity index (χ1v) is 11.8. The molecule has 0 fully saturated rings. The lowest BCUT2D eigenvalue weighted by Crippen LogP contribution is -2.31. The topological polar surface area (TPSA) is 59.0 Å². The van der Waals surface area contributed by atoms with E-state index in [4.69, 9.17) is 4.74 Å². The van der Waals surface area contributed by atoms with Crippen molar-refractivity contribution in [3.8, 4) is 0 Å². The molecular weight excluding hydrogens is 424 g/mol. The van der Waals surface area contributed by atoms with Gasteiger partial charge in [0, 0.05) is 16.2 Å². The van der Waals surface area contributed by atoms with Crippen LogP contribution in [-0.2, 0) is 14.3 Å². The fourth-order valence-corrected chi connectivity index (χ4v) is 5.19. The van der Waals surface area contributed by atoms with Crippen molar-refractivity contribution in [2.24, 2.45) is 5.10 Å². The number of esters is 1. The van der Waals surface area contributed by atoms with Crippen molar-refractivity contribution < 1.29 is 14.3 Å². The van der Waals surface area contributed by atoms with Gasteiger partial charge < -0.3 is 4.74 Å². The molecule has 1 aromatic carbocycles. The molecule has 0 saturated heterocycles. The van der Waals surface area contributed by atoms with Gasteiger partial charge in [-0.15, -0.1) is 34.4 Å². The van der Waals surface area contributed by atoms with Gasteiger partial charge in [0.05, 0.1) is 22.4 Å². The molecular formula is C21H18N2O3S3. The summed E-state index contributed by atoms with van der Waals surface area (Å²) in [5, 5.41) is 10.0. The first kappa shape index (κ1) is 19.9. The van der Waals surface area contributed by atoms with Crippen LogP contribution in [0.5, 0.6) is 0 Å². The number of thioether (sulfide) groups is 1. The number of carbonyl (C=O) groups is 2. The van der Waals surface area contributed by atoms with Gasteiger partial charge in [0.2, 0.25) is 0 Å². The van der Waals surface area contributed by atoms with Gasteiger partial charge in [-0.2, -0.15) is 5.10 Å². The van der Waals surface area contributed by atoms with Crippen LogP contribution in [0.2, 0.25) is 0 Å². The molecule has 148 valence electrons. The van der Waals surface area contributed by atoms with Crippen molar-refractivity contribution in [3.63, 3.8) is 0 Å². The van der Waals surface area contributed by atoms with Gasteiger partial charge in [-0.05, 0) is 35.0 Å². The fraction of sp³-hybridized carbons (Fsp3) is 0.190. The lowest BCUT2D eigenvalue weighted by molar-refractivity contribution is -0.150. The van der Waals surface area contributed by atoms with Gasteiger partial charge in [-0.3, -0.25) is 9.59 Å². The minimum absolute atomic E-state index is 0.156. The molecule has 0 saturated carbocycles. The zero-order valence-corrected chi connectivity index (χ0v) is 17.8. The number of ether oxygens (including phenoxy) is 1. The van der Waals surface area contributed by atoms with Crippen molar-refractivity contribution in [1.29, 1.82) is 0 Å². The van der Waals surface area contributed by atoms with Gasteiger partial charge in [0.1, 0.15) is 0 Å². The molecule has 2 aromatic heterocycles. The Labute approximate surface area is 181 Å². The van der Waals surface area contributed by atoms with Gasteiger partial charge in [0.25, 0.3) is 5.91 Å². The van der Waals surface area contributed by atoms with E-state index in [1.165, 1.54) is 16.8 Å². The summed E-state index contributed by atoms with van der Waals surface area (Å²) >= 11 is 4.58. The summed E-state index contributed by atoms with van der Waals surface area (Å²) in [5.41, 5.74) is 0.887. The molecule has 0 aliphatic carbocycles. The Kier molecular flexibility index (Phi) is 6.43. The highest BCUT2D eigenvalue weighted by Crippen LogP contribution is 2.35. The highest BCUT2D eigenvalue weighted by molar-refractivity contribution is 8.00. The number of nitrogens with zero attached hydrogens (tertiary/aromatic N) is 2. The molecule has 1 atom stereocenters. The predicted molar refractivity (Wildman–Crippen MR) is 118 cm³/mol. The van der Waals surface area contributed by atoms with Crippen molar-refractivity contribution in [1.82, 2.24) is 5.01 Å². The van der Waals surface area contributed by atoms with E-state index < -0.39 is 5.97 Å². The summed E-state index contributed by atoms with van der Waals surface area (Å²) in [6.45, 7) is -0.308. The summed E-state index contributed by atoms with van der Waals surface area (Å²) in [6.07, 6.45) is 0.657. The third kappa shape index (κ3) is 4.95. The molecule has 0 N–H and O–H groups in total. The summed E-state index contributed by atoms with van der Waals surface area (Å²) in [4.78, 5) is 27.9. The Balaban J connectivity index is 1.38.